The maximum Gasteiger partial charge on any atom is 0.306 e. The number of carboxylic acid groups (broad SMARTS) is 1. The highest BCUT2D eigenvalue weighted by Crippen LogP contribution is 2.30. The van der Waals surface area contributed by atoms with E-state index in [1.165, 1.54) is 7.11 Å². The van der Waals surface area contributed by atoms with E-state index in [-0.39, 0.29) is 11.9 Å². The van der Waals surface area contributed by atoms with E-state index < -0.39 is 5.97 Å². The van der Waals surface area contributed by atoms with Crippen LogP contribution < -0.4 is 0 Å². The summed E-state index contributed by atoms with van der Waals surface area (Å²) in [4.78, 5) is 21.6. The second-order valence-corrected chi connectivity index (χ2v) is 3.84. The van der Waals surface area contributed by atoms with Gasteiger partial charge in [0.15, 0.2) is 0 Å². The topological polar surface area (TPSA) is 63.6 Å². The van der Waals surface area contributed by atoms with Crippen molar-refractivity contribution in [3.05, 3.63) is 0 Å². The van der Waals surface area contributed by atoms with Crippen molar-refractivity contribution in [2.45, 2.75) is 32.1 Å². The lowest BCUT2D eigenvalue weighted by atomic mass is 9.80. The van der Waals surface area contributed by atoms with Gasteiger partial charge in [-0.1, -0.05) is 0 Å². The van der Waals surface area contributed by atoms with Crippen LogP contribution in [0.1, 0.15) is 32.1 Å². The first kappa shape index (κ1) is 11.0. The Balaban J connectivity index is 2.29. The monoisotopic (exact) mass is 200 g/mol. The van der Waals surface area contributed by atoms with Gasteiger partial charge < -0.3 is 9.84 Å². The third-order valence-corrected chi connectivity index (χ3v) is 2.88. The van der Waals surface area contributed by atoms with Gasteiger partial charge in [-0.3, -0.25) is 9.59 Å². The van der Waals surface area contributed by atoms with Crippen LogP contribution in [0.2, 0.25) is 0 Å². The van der Waals surface area contributed by atoms with Gasteiger partial charge >= 0.3 is 11.9 Å². The summed E-state index contributed by atoms with van der Waals surface area (Å²) in [5, 5.41) is 8.76. The molecule has 0 saturated heterocycles. The smallest absolute Gasteiger partial charge is 0.306 e. The van der Waals surface area contributed by atoms with Crippen LogP contribution in [0.25, 0.3) is 0 Å². The minimum atomic E-state index is -0.707. The van der Waals surface area contributed by atoms with E-state index in [0.29, 0.717) is 25.2 Å². The highest BCUT2D eigenvalue weighted by Gasteiger charge is 2.27. The maximum atomic E-state index is 11.0. The quantitative estimate of drug-likeness (QED) is 0.700. The van der Waals surface area contributed by atoms with Crippen LogP contribution in [0.3, 0.4) is 0 Å². The maximum absolute atomic E-state index is 11.0. The number of hydrogen-bond acceptors (Lipinski definition) is 3. The van der Waals surface area contributed by atoms with Crippen molar-refractivity contribution in [2.24, 2.45) is 11.8 Å². The van der Waals surface area contributed by atoms with Gasteiger partial charge in [0.2, 0.25) is 0 Å². The zero-order valence-corrected chi connectivity index (χ0v) is 8.36. The van der Waals surface area contributed by atoms with Gasteiger partial charge in [-0.15, -0.1) is 0 Å². The summed E-state index contributed by atoms with van der Waals surface area (Å²) < 4.78 is 4.57. The molecule has 0 aliphatic heterocycles. The van der Waals surface area contributed by atoms with Gasteiger partial charge in [-0.2, -0.15) is 0 Å². The van der Waals surface area contributed by atoms with E-state index in [9.17, 15) is 9.59 Å². The Labute approximate surface area is 83.2 Å². The highest BCUT2D eigenvalue weighted by atomic mass is 16.5. The molecule has 1 fully saturated rings. The van der Waals surface area contributed by atoms with Crippen molar-refractivity contribution in [3.63, 3.8) is 0 Å². The molecule has 0 atom stereocenters. The summed E-state index contributed by atoms with van der Waals surface area (Å²) in [6.07, 6.45) is 3.47. The van der Waals surface area contributed by atoms with E-state index in [2.05, 4.69) is 4.74 Å². The number of carbonyl (C=O) groups is 2. The molecule has 1 rings (SSSR count). The molecule has 0 radical (unpaired) electrons. The number of carboxylic acids is 1. The molecule has 0 heterocycles. The molecule has 0 amide bonds. The molecular formula is C10H16O4. The predicted molar refractivity (Wildman–Crippen MR) is 49.7 cm³/mol. The van der Waals surface area contributed by atoms with Gasteiger partial charge in [0, 0.05) is 6.42 Å². The summed E-state index contributed by atoms with van der Waals surface area (Å²) in [6, 6.07) is 0. The Morgan fingerprint density at radius 2 is 1.86 bits per heavy atom. The number of rotatable bonds is 3. The standard InChI is InChI=1S/C10H16O4/c1-14-9(11)6-7-2-4-8(5-3-7)10(12)13/h7-8H,2-6H2,1H3,(H,12,13). The van der Waals surface area contributed by atoms with Crippen LogP contribution >= 0.6 is 0 Å². The Kier molecular flexibility index (Phi) is 3.92. The van der Waals surface area contributed by atoms with Crippen molar-refractivity contribution < 1.29 is 19.4 Å². The number of methoxy groups -OCH3 is 1. The lowest BCUT2D eigenvalue weighted by Crippen LogP contribution is -2.23. The fourth-order valence-corrected chi connectivity index (χ4v) is 1.93. The molecule has 0 aromatic heterocycles. The van der Waals surface area contributed by atoms with Crippen LogP contribution in [0.15, 0.2) is 0 Å². The lowest BCUT2D eigenvalue weighted by Gasteiger charge is -2.24. The molecule has 1 N–H and O–H groups in total. The summed E-state index contributed by atoms with van der Waals surface area (Å²) in [6.45, 7) is 0. The fourth-order valence-electron chi connectivity index (χ4n) is 1.93. The Morgan fingerprint density at radius 3 is 2.29 bits per heavy atom. The van der Waals surface area contributed by atoms with Crippen molar-refractivity contribution >= 4 is 11.9 Å². The molecule has 4 nitrogen and oxygen atoms in total. The molecule has 1 aliphatic carbocycles. The van der Waals surface area contributed by atoms with Crippen LogP contribution in [-0.4, -0.2) is 24.2 Å². The molecule has 80 valence electrons. The van der Waals surface area contributed by atoms with Gasteiger partial charge in [-0.25, -0.2) is 0 Å². The zero-order chi connectivity index (χ0) is 10.6. The number of ether oxygens (including phenoxy) is 1. The van der Waals surface area contributed by atoms with Gasteiger partial charge in [0.25, 0.3) is 0 Å². The van der Waals surface area contributed by atoms with Gasteiger partial charge in [0.1, 0.15) is 0 Å². The average molecular weight is 200 g/mol. The van der Waals surface area contributed by atoms with Gasteiger partial charge in [-0.05, 0) is 31.6 Å². The molecule has 4 heteroatoms. The molecule has 1 aliphatic rings. The van der Waals surface area contributed by atoms with Gasteiger partial charge in [0.05, 0.1) is 13.0 Å². The molecule has 1 saturated carbocycles. The Bertz CT molecular complexity index is 216. The number of esters is 1. The predicted octanol–water partition coefficient (Wildman–Crippen LogP) is 1.44. The normalized spacial score (nSPS) is 26.9. The van der Waals surface area contributed by atoms with Crippen LogP contribution in [0.5, 0.6) is 0 Å². The molecule has 14 heavy (non-hydrogen) atoms. The Morgan fingerprint density at radius 1 is 1.29 bits per heavy atom. The molecular weight excluding hydrogens is 184 g/mol. The van der Waals surface area contributed by atoms with E-state index >= 15 is 0 Å². The molecule has 0 aromatic carbocycles. The fraction of sp³-hybridized carbons (Fsp3) is 0.800. The molecule has 0 aromatic rings. The van der Waals surface area contributed by atoms with Crippen molar-refractivity contribution in [1.82, 2.24) is 0 Å². The second kappa shape index (κ2) is 4.98. The van der Waals surface area contributed by atoms with Crippen LogP contribution in [0, 0.1) is 11.8 Å². The summed E-state index contributed by atoms with van der Waals surface area (Å²) >= 11 is 0. The minimum absolute atomic E-state index is 0.191. The molecule has 0 unspecified atom stereocenters. The zero-order valence-electron chi connectivity index (χ0n) is 8.36. The number of hydrogen-bond donors (Lipinski definition) is 1. The first-order chi connectivity index (χ1) is 6.63. The largest absolute Gasteiger partial charge is 0.481 e. The SMILES string of the molecule is COC(=O)CC1CCC(C(=O)O)CC1. The van der Waals surface area contributed by atoms with E-state index in [0.717, 1.165) is 12.8 Å². The third kappa shape index (κ3) is 3.01. The first-order valence-corrected chi connectivity index (χ1v) is 4.93. The average Bonchev–Trinajstić information content (AvgIpc) is 2.18. The highest BCUT2D eigenvalue weighted by molar-refractivity contribution is 5.71. The van der Waals surface area contributed by atoms with E-state index in [1.807, 2.05) is 0 Å². The van der Waals surface area contributed by atoms with Crippen molar-refractivity contribution in [2.75, 3.05) is 7.11 Å². The third-order valence-electron chi connectivity index (χ3n) is 2.88. The Hall–Kier alpha value is -1.06. The summed E-state index contributed by atoms with van der Waals surface area (Å²) in [5.74, 6) is -0.785. The number of aliphatic carboxylic acids is 1. The number of carbonyl (C=O) groups excluding carboxylic acids is 1. The lowest BCUT2D eigenvalue weighted by molar-refractivity contribution is -0.143. The first-order valence-electron chi connectivity index (χ1n) is 4.93. The van der Waals surface area contributed by atoms with Crippen LogP contribution in [0.4, 0.5) is 0 Å². The van der Waals surface area contributed by atoms with E-state index in [1.54, 1.807) is 0 Å². The molecule has 0 bridgehead atoms. The van der Waals surface area contributed by atoms with Crippen molar-refractivity contribution in [3.8, 4) is 0 Å². The van der Waals surface area contributed by atoms with Crippen LogP contribution in [-0.2, 0) is 14.3 Å². The minimum Gasteiger partial charge on any atom is -0.481 e. The van der Waals surface area contributed by atoms with E-state index in [4.69, 9.17) is 5.11 Å². The second-order valence-electron chi connectivity index (χ2n) is 3.84. The summed E-state index contributed by atoms with van der Waals surface area (Å²) in [5.41, 5.74) is 0. The van der Waals surface area contributed by atoms with Crippen molar-refractivity contribution in [1.29, 1.82) is 0 Å². The summed E-state index contributed by atoms with van der Waals surface area (Å²) in [7, 11) is 1.38. The molecule has 0 spiro atoms.